The molecule has 5 nitrogen and oxygen atoms in total. The van der Waals surface area contributed by atoms with Gasteiger partial charge in [0.25, 0.3) is 12.3 Å². The van der Waals surface area contributed by atoms with Gasteiger partial charge in [-0.15, -0.1) is 0 Å². The molecule has 0 radical (unpaired) electrons. The molecule has 0 atom stereocenters. The van der Waals surface area contributed by atoms with Crippen molar-refractivity contribution in [2.45, 2.75) is 13.0 Å². The molecule has 0 aliphatic carbocycles. The van der Waals surface area contributed by atoms with Gasteiger partial charge in [-0.05, 0) is 17.7 Å². The van der Waals surface area contributed by atoms with E-state index in [-0.39, 0.29) is 17.8 Å². The largest absolute Gasteiger partial charge is 0.477 e. The molecule has 0 unspecified atom stereocenters. The van der Waals surface area contributed by atoms with Crippen LogP contribution in [0, 0.1) is 0 Å². The summed E-state index contributed by atoms with van der Waals surface area (Å²) in [5, 5.41) is 8.78. The first-order valence-corrected chi connectivity index (χ1v) is 6.78. The lowest BCUT2D eigenvalue weighted by molar-refractivity contribution is 0.0534. The van der Waals surface area contributed by atoms with Gasteiger partial charge < -0.3 is 10.0 Å². The highest BCUT2D eigenvalue weighted by molar-refractivity contribution is 5.94. The van der Waals surface area contributed by atoms with Crippen molar-refractivity contribution in [1.29, 1.82) is 0 Å². The van der Waals surface area contributed by atoms with Gasteiger partial charge in [-0.1, -0.05) is 30.3 Å². The summed E-state index contributed by atoms with van der Waals surface area (Å²) in [6.45, 7) is -0.681. The quantitative estimate of drug-likeness (QED) is 0.888. The van der Waals surface area contributed by atoms with Gasteiger partial charge >= 0.3 is 5.97 Å². The number of amides is 1. The molecule has 1 heterocycles. The molecule has 1 aromatic carbocycles. The van der Waals surface area contributed by atoms with Crippen LogP contribution < -0.4 is 0 Å². The van der Waals surface area contributed by atoms with Gasteiger partial charge in [0.15, 0.2) is 0 Å². The summed E-state index contributed by atoms with van der Waals surface area (Å²) in [7, 11) is 0. The molecule has 0 aliphatic rings. The lowest BCUT2D eigenvalue weighted by atomic mass is 10.1. The van der Waals surface area contributed by atoms with Crippen molar-refractivity contribution in [2.24, 2.45) is 0 Å². The molecule has 1 amide bonds. The van der Waals surface area contributed by atoms with Crippen molar-refractivity contribution in [1.82, 2.24) is 9.88 Å². The lowest BCUT2D eigenvalue weighted by Gasteiger charge is -2.22. The van der Waals surface area contributed by atoms with Gasteiger partial charge in [0.2, 0.25) is 0 Å². The molecule has 0 bridgehead atoms. The molecule has 0 fully saturated rings. The zero-order valence-corrected chi connectivity index (χ0v) is 12.0. The first kappa shape index (κ1) is 16.5. The predicted octanol–water partition coefficient (Wildman–Crippen LogP) is 2.69. The van der Waals surface area contributed by atoms with Crippen LogP contribution in [0.4, 0.5) is 8.78 Å². The highest BCUT2D eigenvalue weighted by Crippen LogP contribution is 2.12. The molecule has 23 heavy (non-hydrogen) atoms. The SMILES string of the molecule is O=C(O)c1ccc(C(=O)N(Cc2ccccc2)CC(F)F)cn1. The maximum Gasteiger partial charge on any atom is 0.354 e. The van der Waals surface area contributed by atoms with Crippen LogP contribution >= 0.6 is 0 Å². The Morgan fingerprint density at radius 3 is 2.35 bits per heavy atom. The second kappa shape index (κ2) is 7.44. The summed E-state index contributed by atoms with van der Waals surface area (Å²) in [6, 6.07) is 11.2. The van der Waals surface area contributed by atoms with E-state index in [1.165, 1.54) is 12.1 Å². The maximum absolute atomic E-state index is 12.7. The number of aromatic carboxylic acids is 1. The highest BCUT2D eigenvalue weighted by atomic mass is 19.3. The van der Waals surface area contributed by atoms with Crippen LogP contribution in [-0.4, -0.2) is 39.8 Å². The molecule has 120 valence electrons. The number of aromatic nitrogens is 1. The predicted molar refractivity (Wildman–Crippen MR) is 78.4 cm³/mol. The third-order valence-electron chi connectivity index (χ3n) is 3.09. The number of carboxylic acids is 1. The average molecular weight is 320 g/mol. The van der Waals surface area contributed by atoms with Gasteiger partial charge in [0.05, 0.1) is 12.1 Å². The molecule has 2 aromatic rings. The smallest absolute Gasteiger partial charge is 0.354 e. The minimum absolute atomic E-state index is 0.0324. The molecular formula is C16H14F2N2O3. The third kappa shape index (κ3) is 4.57. The van der Waals surface area contributed by atoms with Gasteiger partial charge in [0.1, 0.15) is 5.69 Å². The number of alkyl halides is 2. The summed E-state index contributed by atoms with van der Waals surface area (Å²) in [5.74, 6) is -1.85. The Morgan fingerprint density at radius 2 is 1.83 bits per heavy atom. The molecule has 1 aromatic heterocycles. The van der Waals surface area contributed by atoms with Crippen LogP contribution in [0.5, 0.6) is 0 Å². The Balaban J connectivity index is 2.20. The van der Waals surface area contributed by atoms with Crippen LogP contribution in [0.15, 0.2) is 48.7 Å². The molecule has 2 rings (SSSR count). The second-order valence-electron chi connectivity index (χ2n) is 4.80. The molecular weight excluding hydrogens is 306 g/mol. The van der Waals surface area contributed by atoms with Crippen LogP contribution in [0.25, 0.3) is 0 Å². The fourth-order valence-electron chi connectivity index (χ4n) is 2.02. The fraction of sp³-hybridized carbons (Fsp3) is 0.188. The van der Waals surface area contributed by atoms with E-state index in [2.05, 4.69) is 4.98 Å². The van der Waals surface area contributed by atoms with Crippen molar-refractivity contribution in [2.75, 3.05) is 6.54 Å². The lowest BCUT2D eigenvalue weighted by Crippen LogP contribution is -2.34. The van der Waals surface area contributed by atoms with E-state index in [1.807, 2.05) is 0 Å². The number of rotatable bonds is 6. The zero-order valence-electron chi connectivity index (χ0n) is 12.0. The molecule has 7 heteroatoms. The van der Waals surface area contributed by atoms with E-state index in [4.69, 9.17) is 5.11 Å². The standard InChI is InChI=1S/C16H14F2N2O3/c17-14(18)10-20(9-11-4-2-1-3-5-11)15(21)12-6-7-13(16(22)23)19-8-12/h1-8,14H,9-10H2,(H,22,23). The Kier molecular flexibility index (Phi) is 5.35. The van der Waals surface area contributed by atoms with E-state index in [1.54, 1.807) is 30.3 Å². The van der Waals surface area contributed by atoms with Crippen molar-refractivity contribution < 1.29 is 23.5 Å². The summed E-state index contributed by atoms with van der Waals surface area (Å²) >= 11 is 0. The minimum atomic E-state index is -2.67. The molecule has 0 saturated carbocycles. The van der Waals surface area contributed by atoms with Crippen molar-refractivity contribution in [3.8, 4) is 0 Å². The number of carboxylic acid groups (broad SMARTS) is 1. The van der Waals surface area contributed by atoms with Crippen molar-refractivity contribution >= 4 is 11.9 Å². The van der Waals surface area contributed by atoms with Crippen LogP contribution in [0.2, 0.25) is 0 Å². The number of hydrogen-bond donors (Lipinski definition) is 1. The van der Waals surface area contributed by atoms with E-state index >= 15 is 0 Å². The number of pyridine rings is 1. The Bertz CT molecular complexity index is 675. The van der Waals surface area contributed by atoms with E-state index in [9.17, 15) is 18.4 Å². The van der Waals surface area contributed by atoms with Crippen LogP contribution in [0.3, 0.4) is 0 Å². The first-order chi connectivity index (χ1) is 11.0. The summed E-state index contributed by atoms with van der Waals surface area (Å²) < 4.78 is 25.5. The Hall–Kier alpha value is -2.83. The van der Waals surface area contributed by atoms with E-state index in [0.29, 0.717) is 0 Å². The number of hydrogen-bond acceptors (Lipinski definition) is 3. The first-order valence-electron chi connectivity index (χ1n) is 6.78. The Labute approximate surface area is 131 Å². The van der Waals surface area contributed by atoms with Gasteiger partial charge in [-0.2, -0.15) is 0 Å². The minimum Gasteiger partial charge on any atom is -0.477 e. The Morgan fingerprint density at radius 1 is 1.13 bits per heavy atom. The molecule has 1 N–H and O–H groups in total. The normalized spacial score (nSPS) is 10.6. The van der Waals surface area contributed by atoms with Gasteiger partial charge in [-0.3, -0.25) is 4.79 Å². The number of nitrogens with zero attached hydrogens (tertiary/aromatic N) is 2. The van der Waals surface area contributed by atoms with Crippen LogP contribution in [0.1, 0.15) is 26.4 Å². The molecule has 0 saturated heterocycles. The summed E-state index contributed by atoms with van der Waals surface area (Å²) in [6.07, 6.45) is -1.59. The molecule has 0 spiro atoms. The summed E-state index contributed by atoms with van der Waals surface area (Å²) in [4.78, 5) is 27.8. The summed E-state index contributed by atoms with van der Waals surface area (Å²) in [5.41, 5.74) is 0.563. The average Bonchev–Trinajstić information content (AvgIpc) is 2.54. The monoisotopic (exact) mass is 320 g/mol. The number of carbonyl (C=O) groups excluding carboxylic acids is 1. The fourth-order valence-corrected chi connectivity index (χ4v) is 2.02. The van der Waals surface area contributed by atoms with E-state index < -0.39 is 24.8 Å². The van der Waals surface area contributed by atoms with E-state index in [0.717, 1.165) is 16.7 Å². The third-order valence-corrected chi connectivity index (χ3v) is 3.09. The van der Waals surface area contributed by atoms with Crippen molar-refractivity contribution in [3.63, 3.8) is 0 Å². The number of benzene rings is 1. The highest BCUT2D eigenvalue weighted by Gasteiger charge is 2.20. The maximum atomic E-state index is 12.7. The van der Waals surface area contributed by atoms with Gasteiger partial charge in [-0.25, -0.2) is 18.6 Å². The van der Waals surface area contributed by atoms with Crippen molar-refractivity contribution in [3.05, 3.63) is 65.5 Å². The van der Waals surface area contributed by atoms with Gasteiger partial charge in [0, 0.05) is 12.7 Å². The topological polar surface area (TPSA) is 70.5 Å². The number of halogens is 2. The molecule has 0 aliphatic heterocycles. The second-order valence-corrected chi connectivity index (χ2v) is 4.80. The number of carbonyl (C=O) groups is 2. The van der Waals surface area contributed by atoms with Crippen LogP contribution in [-0.2, 0) is 6.54 Å². The zero-order chi connectivity index (χ0) is 16.8.